The van der Waals surface area contributed by atoms with Crippen LogP contribution in [0, 0.1) is 0 Å². The lowest BCUT2D eigenvalue weighted by Gasteiger charge is -2.14. The van der Waals surface area contributed by atoms with Crippen molar-refractivity contribution >= 4 is 5.97 Å². The van der Waals surface area contributed by atoms with Gasteiger partial charge < -0.3 is 19.7 Å². The number of phenols is 1. The van der Waals surface area contributed by atoms with Crippen molar-refractivity contribution in [2.24, 2.45) is 0 Å². The number of rotatable bonds is 5. The van der Waals surface area contributed by atoms with E-state index in [0.717, 1.165) is 16.7 Å². The quantitative estimate of drug-likeness (QED) is 0.829. The van der Waals surface area contributed by atoms with Gasteiger partial charge in [-0.05, 0) is 41.8 Å². The Balaban J connectivity index is 2.62. The molecule has 2 rings (SSSR count). The summed E-state index contributed by atoms with van der Waals surface area (Å²) in [6.07, 6.45) is 0.445. The zero-order valence-electron chi connectivity index (χ0n) is 12.5. The lowest BCUT2D eigenvalue weighted by molar-refractivity contribution is 0.0601. The molecule has 0 amide bonds. The zero-order valence-corrected chi connectivity index (χ0v) is 12.5. The molecule has 22 heavy (non-hydrogen) atoms. The molecule has 0 aliphatic heterocycles. The number of carbonyl (C=O) groups excluding carboxylic acids is 1. The van der Waals surface area contributed by atoms with Crippen LogP contribution in [0.4, 0.5) is 0 Å². The molecule has 0 aliphatic carbocycles. The smallest absolute Gasteiger partial charge is 0.337 e. The number of benzene rings is 2. The van der Waals surface area contributed by atoms with Crippen LogP contribution in [-0.2, 0) is 11.2 Å². The molecule has 0 radical (unpaired) electrons. The Morgan fingerprint density at radius 2 is 1.86 bits per heavy atom. The van der Waals surface area contributed by atoms with E-state index >= 15 is 0 Å². The first-order valence-corrected chi connectivity index (χ1v) is 6.80. The summed E-state index contributed by atoms with van der Waals surface area (Å²) in [5, 5.41) is 18.8. The van der Waals surface area contributed by atoms with Crippen molar-refractivity contribution in [3.63, 3.8) is 0 Å². The van der Waals surface area contributed by atoms with E-state index in [9.17, 15) is 15.0 Å². The maximum Gasteiger partial charge on any atom is 0.337 e. The topological polar surface area (TPSA) is 76.0 Å². The molecule has 0 unspecified atom stereocenters. The number of hydrogen-bond acceptors (Lipinski definition) is 5. The predicted octanol–water partition coefficient (Wildman–Crippen LogP) is 2.39. The van der Waals surface area contributed by atoms with E-state index in [1.165, 1.54) is 20.3 Å². The highest BCUT2D eigenvalue weighted by molar-refractivity contribution is 5.92. The van der Waals surface area contributed by atoms with Crippen molar-refractivity contribution in [1.82, 2.24) is 0 Å². The van der Waals surface area contributed by atoms with Crippen molar-refractivity contribution in [3.8, 4) is 22.6 Å². The summed E-state index contributed by atoms with van der Waals surface area (Å²) in [4.78, 5) is 11.7. The number of methoxy groups -OCH3 is 2. The number of aromatic hydroxyl groups is 1. The molecule has 0 saturated heterocycles. The number of phenolic OH excluding ortho intramolecular Hbond substituents is 1. The van der Waals surface area contributed by atoms with Crippen LogP contribution < -0.4 is 4.74 Å². The first kappa shape index (κ1) is 15.9. The summed E-state index contributed by atoms with van der Waals surface area (Å²) in [7, 11) is 2.83. The Labute approximate surface area is 128 Å². The van der Waals surface area contributed by atoms with E-state index in [1.807, 2.05) is 0 Å². The average molecular weight is 302 g/mol. The molecular weight excluding hydrogens is 284 g/mol. The fraction of sp³-hybridized carbons (Fsp3) is 0.235. The van der Waals surface area contributed by atoms with Crippen LogP contribution in [0.2, 0.25) is 0 Å². The molecule has 0 spiro atoms. The highest BCUT2D eigenvalue weighted by Crippen LogP contribution is 2.35. The van der Waals surface area contributed by atoms with Crippen molar-refractivity contribution in [2.75, 3.05) is 20.8 Å². The van der Waals surface area contributed by atoms with Gasteiger partial charge in [0.05, 0.1) is 19.8 Å². The molecular formula is C17H18O5. The van der Waals surface area contributed by atoms with Crippen LogP contribution in [0.25, 0.3) is 11.1 Å². The van der Waals surface area contributed by atoms with E-state index in [-0.39, 0.29) is 12.4 Å². The number of hydrogen-bond donors (Lipinski definition) is 2. The van der Waals surface area contributed by atoms with E-state index in [4.69, 9.17) is 9.47 Å². The van der Waals surface area contributed by atoms with Gasteiger partial charge in [0.1, 0.15) is 11.5 Å². The summed E-state index contributed by atoms with van der Waals surface area (Å²) >= 11 is 0. The van der Waals surface area contributed by atoms with Gasteiger partial charge in [0.25, 0.3) is 0 Å². The molecule has 0 atom stereocenters. The molecule has 0 heterocycles. The minimum atomic E-state index is -0.436. The molecule has 2 aromatic carbocycles. The van der Waals surface area contributed by atoms with Gasteiger partial charge in [0.2, 0.25) is 0 Å². The molecule has 5 nitrogen and oxygen atoms in total. The van der Waals surface area contributed by atoms with Crippen LogP contribution in [-0.4, -0.2) is 37.0 Å². The summed E-state index contributed by atoms with van der Waals surface area (Å²) in [6.45, 7) is -0.00896. The van der Waals surface area contributed by atoms with Gasteiger partial charge in [-0.25, -0.2) is 4.79 Å². The van der Waals surface area contributed by atoms with Crippen LogP contribution in [0.3, 0.4) is 0 Å². The molecule has 0 aliphatic rings. The van der Waals surface area contributed by atoms with Gasteiger partial charge in [-0.2, -0.15) is 0 Å². The highest BCUT2D eigenvalue weighted by Gasteiger charge is 2.15. The zero-order chi connectivity index (χ0) is 16.1. The third kappa shape index (κ3) is 3.20. The summed E-state index contributed by atoms with van der Waals surface area (Å²) in [5.41, 5.74) is 2.77. The number of aliphatic hydroxyl groups excluding tert-OH is 1. The van der Waals surface area contributed by atoms with Crippen LogP contribution in [0.5, 0.6) is 11.5 Å². The molecule has 0 fully saturated rings. The molecule has 0 saturated carbocycles. The lowest BCUT2D eigenvalue weighted by Crippen LogP contribution is -2.04. The lowest BCUT2D eigenvalue weighted by atomic mass is 9.94. The third-order valence-electron chi connectivity index (χ3n) is 3.39. The normalized spacial score (nSPS) is 10.3. The molecule has 116 valence electrons. The molecule has 0 aromatic heterocycles. The largest absolute Gasteiger partial charge is 0.508 e. The van der Waals surface area contributed by atoms with Crippen LogP contribution in [0.1, 0.15) is 15.9 Å². The average Bonchev–Trinajstić information content (AvgIpc) is 2.54. The van der Waals surface area contributed by atoms with Gasteiger partial charge in [0.15, 0.2) is 0 Å². The van der Waals surface area contributed by atoms with E-state index in [2.05, 4.69) is 0 Å². The first-order valence-electron chi connectivity index (χ1n) is 6.80. The second-order valence-electron chi connectivity index (χ2n) is 4.72. The molecule has 2 N–H and O–H groups in total. The third-order valence-corrected chi connectivity index (χ3v) is 3.39. The van der Waals surface area contributed by atoms with Crippen molar-refractivity contribution < 1.29 is 24.5 Å². The van der Waals surface area contributed by atoms with Crippen LogP contribution >= 0.6 is 0 Å². The van der Waals surface area contributed by atoms with E-state index in [0.29, 0.717) is 17.7 Å². The number of esters is 1. The Hall–Kier alpha value is -2.53. The van der Waals surface area contributed by atoms with Gasteiger partial charge in [0, 0.05) is 18.2 Å². The Kier molecular flexibility index (Phi) is 5.01. The minimum absolute atomic E-state index is 0.00896. The Bertz CT molecular complexity index is 679. The molecule has 0 bridgehead atoms. The number of ether oxygens (including phenoxy) is 2. The summed E-state index contributed by atoms with van der Waals surface area (Å²) < 4.78 is 10.0. The minimum Gasteiger partial charge on any atom is -0.508 e. The maximum atomic E-state index is 11.7. The first-order chi connectivity index (χ1) is 10.6. The standard InChI is InChI=1S/C17H18O5/c1-21-16-10-13(19)5-6-14(16)15-9-12(17(20)22-2)4-3-11(15)7-8-18/h3-6,9-10,18-19H,7-8H2,1-2H3. The monoisotopic (exact) mass is 302 g/mol. The number of carbonyl (C=O) groups is 1. The van der Waals surface area contributed by atoms with Gasteiger partial charge >= 0.3 is 5.97 Å². The summed E-state index contributed by atoms with van der Waals surface area (Å²) in [6, 6.07) is 9.91. The molecule has 5 heteroatoms. The van der Waals surface area contributed by atoms with E-state index in [1.54, 1.807) is 30.3 Å². The predicted molar refractivity (Wildman–Crippen MR) is 82.2 cm³/mol. The number of aliphatic hydroxyl groups is 1. The highest BCUT2D eigenvalue weighted by atomic mass is 16.5. The maximum absolute atomic E-state index is 11.7. The second kappa shape index (κ2) is 6.95. The second-order valence-corrected chi connectivity index (χ2v) is 4.72. The summed E-state index contributed by atoms with van der Waals surface area (Å²) in [5.74, 6) is 0.143. The fourth-order valence-corrected chi connectivity index (χ4v) is 2.31. The SMILES string of the molecule is COC(=O)c1ccc(CCO)c(-c2ccc(O)cc2OC)c1. The van der Waals surface area contributed by atoms with Crippen molar-refractivity contribution in [3.05, 3.63) is 47.5 Å². The van der Waals surface area contributed by atoms with E-state index < -0.39 is 5.97 Å². The molecule has 2 aromatic rings. The van der Waals surface area contributed by atoms with Gasteiger partial charge in [-0.3, -0.25) is 0 Å². The fourth-order valence-electron chi connectivity index (χ4n) is 2.31. The Morgan fingerprint density at radius 1 is 1.09 bits per heavy atom. The van der Waals surface area contributed by atoms with Crippen LogP contribution in [0.15, 0.2) is 36.4 Å². The van der Waals surface area contributed by atoms with Gasteiger partial charge in [-0.1, -0.05) is 6.07 Å². The van der Waals surface area contributed by atoms with Crippen molar-refractivity contribution in [1.29, 1.82) is 0 Å². The Morgan fingerprint density at radius 3 is 2.50 bits per heavy atom. The van der Waals surface area contributed by atoms with Gasteiger partial charge in [-0.15, -0.1) is 0 Å². The van der Waals surface area contributed by atoms with Crippen molar-refractivity contribution in [2.45, 2.75) is 6.42 Å².